The zero-order chi connectivity index (χ0) is 12.1. The Labute approximate surface area is 102 Å². The minimum absolute atomic E-state index is 0.0530. The number of ether oxygens (including phenoxy) is 1. The largest absolute Gasteiger partial charge is 0.462 e. The molecule has 0 fully saturated rings. The van der Waals surface area contributed by atoms with Crippen LogP contribution in [0, 0.1) is 0 Å². The molecule has 1 aromatic rings. The van der Waals surface area contributed by atoms with Crippen LogP contribution < -0.4 is 0 Å². The maximum atomic E-state index is 11.5. The minimum atomic E-state index is -0.692. The van der Waals surface area contributed by atoms with Crippen molar-refractivity contribution in [1.29, 1.82) is 0 Å². The van der Waals surface area contributed by atoms with E-state index >= 15 is 0 Å². The zero-order valence-electron chi connectivity index (χ0n) is 8.69. The van der Waals surface area contributed by atoms with Gasteiger partial charge in [0, 0.05) is 0 Å². The highest BCUT2D eigenvalue weighted by atomic mass is 35.5. The number of hydrogen-bond donors (Lipinski definition) is 0. The van der Waals surface area contributed by atoms with Crippen molar-refractivity contribution in [3.63, 3.8) is 0 Å². The molecule has 0 bridgehead atoms. The van der Waals surface area contributed by atoms with Gasteiger partial charge < -0.3 is 4.74 Å². The molecule has 0 aliphatic heterocycles. The Kier molecular flexibility index (Phi) is 4.70. The van der Waals surface area contributed by atoms with Gasteiger partial charge in [0.2, 0.25) is 0 Å². The second kappa shape index (κ2) is 5.81. The molecule has 1 aromatic heterocycles. The monoisotopic (exact) mass is 260 g/mol. The average Bonchev–Trinajstić information content (AvgIpc) is 2.27. The number of thioether (sulfide) groups is 1. The molecule has 86 valence electrons. The maximum Gasteiger partial charge on any atom is 0.343 e. The molecule has 1 rings (SSSR count). The number of esters is 1. The summed E-state index contributed by atoms with van der Waals surface area (Å²) < 4.78 is 4.76. The number of halogens is 1. The van der Waals surface area contributed by atoms with Gasteiger partial charge in [0.05, 0.1) is 6.61 Å². The minimum Gasteiger partial charge on any atom is -0.462 e. The molecular formula is C9H9ClN2O3S. The van der Waals surface area contributed by atoms with Crippen LogP contribution in [-0.4, -0.2) is 35.1 Å². The Morgan fingerprint density at radius 3 is 2.75 bits per heavy atom. The molecule has 0 atom stereocenters. The van der Waals surface area contributed by atoms with Gasteiger partial charge >= 0.3 is 5.97 Å². The smallest absolute Gasteiger partial charge is 0.343 e. The number of aldehydes is 1. The van der Waals surface area contributed by atoms with Crippen molar-refractivity contribution in [1.82, 2.24) is 9.97 Å². The number of aromatic nitrogens is 2. The lowest BCUT2D eigenvalue weighted by Gasteiger charge is -2.06. The molecule has 0 radical (unpaired) electrons. The van der Waals surface area contributed by atoms with Crippen molar-refractivity contribution >= 4 is 35.6 Å². The van der Waals surface area contributed by atoms with Crippen LogP contribution in [0.25, 0.3) is 0 Å². The molecule has 5 nitrogen and oxygen atoms in total. The highest BCUT2D eigenvalue weighted by Gasteiger charge is 2.20. The fourth-order valence-electron chi connectivity index (χ4n) is 0.998. The standard InChI is InChI=1S/C9H9ClN2O3S/c1-3-15-8(14)6-5(4-13)11-9(16-2)12-7(6)10/h4H,3H2,1-2H3. The van der Waals surface area contributed by atoms with Crippen LogP contribution in [0.5, 0.6) is 0 Å². The number of nitrogens with zero attached hydrogens (tertiary/aromatic N) is 2. The predicted molar refractivity (Wildman–Crippen MR) is 60.2 cm³/mol. The Hall–Kier alpha value is -1.14. The van der Waals surface area contributed by atoms with E-state index in [-0.39, 0.29) is 23.0 Å². The van der Waals surface area contributed by atoms with Crippen molar-refractivity contribution < 1.29 is 14.3 Å². The highest BCUT2D eigenvalue weighted by Crippen LogP contribution is 2.20. The summed E-state index contributed by atoms with van der Waals surface area (Å²) in [5.41, 5.74) is -0.140. The van der Waals surface area contributed by atoms with Crippen molar-refractivity contribution in [2.75, 3.05) is 12.9 Å². The van der Waals surface area contributed by atoms with Crippen LogP contribution in [-0.2, 0) is 4.74 Å². The fraction of sp³-hybridized carbons (Fsp3) is 0.333. The first-order valence-electron chi connectivity index (χ1n) is 4.37. The summed E-state index contributed by atoms with van der Waals surface area (Å²) in [4.78, 5) is 30.0. The van der Waals surface area contributed by atoms with Crippen LogP contribution in [0.2, 0.25) is 5.15 Å². The van der Waals surface area contributed by atoms with Gasteiger partial charge in [-0.25, -0.2) is 14.8 Å². The summed E-state index contributed by atoms with van der Waals surface area (Å²) in [7, 11) is 0. The first-order chi connectivity index (χ1) is 7.63. The van der Waals surface area contributed by atoms with E-state index in [9.17, 15) is 9.59 Å². The molecule has 0 aliphatic carbocycles. The van der Waals surface area contributed by atoms with Gasteiger partial charge in [-0.15, -0.1) is 0 Å². The lowest BCUT2D eigenvalue weighted by Crippen LogP contribution is -2.12. The Morgan fingerprint density at radius 2 is 2.25 bits per heavy atom. The normalized spacial score (nSPS) is 9.94. The van der Waals surface area contributed by atoms with E-state index in [1.165, 1.54) is 11.8 Å². The van der Waals surface area contributed by atoms with Crippen LogP contribution >= 0.6 is 23.4 Å². The first-order valence-corrected chi connectivity index (χ1v) is 5.98. The van der Waals surface area contributed by atoms with Gasteiger partial charge in [0.25, 0.3) is 0 Å². The third kappa shape index (κ3) is 2.70. The van der Waals surface area contributed by atoms with E-state index in [1.807, 2.05) is 0 Å². The Bertz CT molecular complexity index is 425. The summed E-state index contributed by atoms with van der Waals surface area (Å²) in [6.45, 7) is 1.85. The molecule has 1 heterocycles. The number of rotatable bonds is 4. The maximum absolute atomic E-state index is 11.5. The van der Waals surface area contributed by atoms with Gasteiger partial charge in [-0.05, 0) is 13.2 Å². The second-order valence-electron chi connectivity index (χ2n) is 2.60. The van der Waals surface area contributed by atoms with Crippen molar-refractivity contribution in [3.8, 4) is 0 Å². The summed E-state index contributed by atoms with van der Waals surface area (Å²) >= 11 is 7.03. The van der Waals surface area contributed by atoms with Crippen LogP contribution in [0.3, 0.4) is 0 Å². The number of carbonyl (C=O) groups is 2. The summed E-state index contributed by atoms with van der Waals surface area (Å²) in [6.07, 6.45) is 2.20. The lowest BCUT2D eigenvalue weighted by atomic mass is 10.2. The molecule has 0 aliphatic rings. The van der Waals surface area contributed by atoms with Gasteiger partial charge in [-0.1, -0.05) is 23.4 Å². The molecule has 0 saturated heterocycles. The topological polar surface area (TPSA) is 69.2 Å². The Morgan fingerprint density at radius 1 is 1.56 bits per heavy atom. The molecule has 0 amide bonds. The molecule has 0 spiro atoms. The molecule has 0 aromatic carbocycles. The van der Waals surface area contributed by atoms with Gasteiger partial charge in [-0.3, -0.25) is 4.79 Å². The second-order valence-corrected chi connectivity index (χ2v) is 3.73. The van der Waals surface area contributed by atoms with Crippen LogP contribution in [0.15, 0.2) is 5.16 Å². The molecule has 0 saturated carbocycles. The first kappa shape index (κ1) is 12.9. The quantitative estimate of drug-likeness (QED) is 0.271. The SMILES string of the molecule is CCOC(=O)c1c(Cl)nc(SC)nc1C=O. The molecule has 0 N–H and O–H groups in total. The highest BCUT2D eigenvalue weighted by molar-refractivity contribution is 7.98. The van der Waals surface area contributed by atoms with Gasteiger partial charge in [0.15, 0.2) is 11.4 Å². The van der Waals surface area contributed by atoms with E-state index < -0.39 is 5.97 Å². The molecule has 7 heteroatoms. The predicted octanol–water partition coefficient (Wildman–Crippen LogP) is 1.84. The van der Waals surface area contributed by atoms with E-state index in [0.717, 1.165) is 0 Å². The summed E-state index contributed by atoms with van der Waals surface area (Å²) in [5, 5.41) is 0.264. The summed E-state index contributed by atoms with van der Waals surface area (Å²) in [6, 6.07) is 0. The number of carbonyl (C=O) groups excluding carboxylic acids is 2. The third-order valence-corrected chi connectivity index (χ3v) is 2.47. The lowest BCUT2D eigenvalue weighted by molar-refractivity contribution is 0.0523. The van der Waals surface area contributed by atoms with Gasteiger partial charge in [-0.2, -0.15) is 0 Å². The number of hydrogen-bond acceptors (Lipinski definition) is 6. The van der Waals surface area contributed by atoms with E-state index in [2.05, 4.69) is 9.97 Å². The van der Waals surface area contributed by atoms with Crippen molar-refractivity contribution in [3.05, 3.63) is 16.4 Å². The van der Waals surface area contributed by atoms with E-state index in [0.29, 0.717) is 11.4 Å². The third-order valence-electron chi connectivity index (χ3n) is 1.65. The van der Waals surface area contributed by atoms with Gasteiger partial charge in [0.1, 0.15) is 16.4 Å². The molecule has 0 unspecified atom stereocenters. The Balaban J connectivity index is 3.26. The van der Waals surface area contributed by atoms with E-state index in [1.54, 1.807) is 13.2 Å². The molecular weight excluding hydrogens is 252 g/mol. The van der Waals surface area contributed by atoms with Crippen molar-refractivity contribution in [2.45, 2.75) is 12.1 Å². The van der Waals surface area contributed by atoms with Crippen LogP contribution in [0.4, 0.5) is 0 Å². The zero-order valence-corrected chi connectivity index (χ0v) is 10.3. The average molecular weight is 261 g/mol. The van der Waals surface area contributed by atoms with Crippen LogP contribution in [0.1, 0.15) is 27.8 Å². The van der Waals surface area contributed by atoms with E-state index in [4.69, 9.17) is 16.3 Å². The summed E-state index contributed by atoms with van der Waals surface area (Å²) in [5.74, 6) is -0.692. The van der Waals surface area contributed by atoms with Crippen molar-refractivity contribution in [2.24, 2.45) is 0 Å². The fourth-order valence-corrected chi connectivity index (χ4v) is 1.67. The molecule has 16 heavy (non-hydrogen) atoms.